The monoisotopic (exact) mass is 293 g/mol. The van der Waals surface area contributed by atoms with E-state index in [0.717, 1.165) is 45.7 Å². The fourth-order valence-corrected chi connectivity index (χ4v) is 2.84. The molecule has 0 spiro atoms. The van der Waals surface area contributed by atoms with E-state index in [1.54, 1.807) is 0 Å². The highest BCUT2D eigenvalue weighted by molar-refractivity contribution is 5.87. The smallest absolute Gasteiger partial charge is 0.222 e. The molecule has 1 aliphatic rings. The molecule has 1 aromatic rings. The van der Waals surface area contributed by atoms with E-state index in [1.807, 2.05) is 16.9 Å². The molecule has 0 unspecified atom stereocenters. The lowest BCUT2D eigenvalue weighted by Gasteiger charge is -2.22. The minimum Gasteiger partial charge on any atom is -0.309 e. The molecule has 6 nitrogen and oxygen atoms in total. The third kappa shape index (κ3) is 4.54. The first-order chi connectivity index (χ1) is 10.1. The average Bonchev–Trinajstić information content (AvgIpc) is 3.08. The predicted octanol–water partition coefficient (Wildman–Crippen LogP) is 1.43. The summed E-state index contributed by atoms with van der Waals surface area (Å²) in [6.45, 7) is 12.6. The summed E-state index contributed by atoms with van der Waals surface area (Å²) in [4.78, 5) is 16.0. The van der Waals surface area contributed by atoms with Crippen LogP contribution in [0.1, 0.15) is 33.2 Å². The molecule has 1 fully saturated rings. The molecule has 2 rings (SSSR count). The highest BCUT2D eigenvalue weighted by atomic mass is 16.1. The quantitative estimate of drug-likeness (QED) is 0.826. The first-order valence-corrected chi connectivity index (χ1v) is 7.89. The van der Waals surface area contributed by atoms with E-state index < -0.39 is 0 Å². The minimum atomic E-state index is -0.0764. The van der Waals surface area contributed by atoms with Gasteiger partial charge in [0.2, 0.25) is 5.91 Å². The highest BCUT2D eigenvalue weighted by Gasteiger charge is 2.24. The molecular formula is C15H27N5O. The van der Waals surface area contributed by atoms with E-state index in [1.165, 1.54) is 6.92 Å². The zero-order valence-corrected chi connectivity index (χ0v) is 13.4. The maximum absolute atomic E-state index is 11.0. The number of likely N-dealkylation sites (N-methyl/N-ethyl adjacent to an activating group) is 1. The van der Waals surface area contributed by atoms with E-state index >= 15 is 0 Å². The molecule has 6 heteroatoms. The fraction of sp³-hybridized carbons (Fsp3) is 0.733. The van der Waals surface area contributed by atoms with Crippen LogP contribution in [0.4, 0.5) is 5.82 Å². The molecule has 0 saturated carbocycles. The zero-order valence-electron chi connectivity index (χ0n) is 13.4. The molecule has 0 bridgehead atoms. The van der Waals surface area contributed by atoms with Crippen LogP contribution in [0, 0.1) is 0 Å². The number of likely N-dealkylation sites (tertiary alicyclic amines) is 1. The molecule has 1 aromatic heterocycles. The van der Waals surface area contributed by atoms with Gasteiger partial charge < -0.3 is 10.2 Å². The van der Waals surface area contributed by atoms with Gasteiger partial charge in [0.15, 0.2) is 5.82 Å². The number of hydrogen-bond acceptors (Lipinski definition) is 4. The Kier molecular flexibility index (Phi) is 5.76. The molecule has 1 saturated heterocycles. The van der Waals surface area contributed by atoms with Gasteiger partial charge in [0.25, 0.3) is 0 Å². The number of amides is 1. The van der Waals surface area contributed by atoms with Crippen LogP contribution in [-0.2, 0) is 4.79 Å². The number of aromatic nitrogens is 2. The fourth-order valence-electron chi connectivity index (χ4n) is 2.84. The lowest BCUT2D eigenvalue weighted by Crippen LogP contribution is -2.34. The SMILES string of the molecule is CCN(CC)CCN1CC[C@@H](n2ccc(NC(C)=O)n2)C1. The summed E-state index contributed by atoms with van der Waals surface area (Å²) in [6, 6.07) is 2.28. The molecule has 2 heterocycles. The molecule has 0 aromatic carbocycles. The average molecular weight is 293 g/mol. The van der Waals surface area contributed by atoms with Crippen molar-refractivity contribution in [1.82, 2.24) is 19.6 Å². The molecule has 118 valence electrons. The van der Waals surface area contributed by atoms with Crippen LogP contribution in [0.2, 0.25) is 0 Å². The summed E-state index contributed by atoms with van der Waals surface area (Å²) >= 11 is 0. The Bertz CT molecular complexity index is 455. The lowest BCUT2D eigenvalue weighted by molar-refractivity contribution is -0.114. The molecule has 0 radical (unpaired) electrons. The van der Waals surface area contributed by atoms with Crippen molar-refractivity contribution in [3.8, 4) is 0 Å². The Morgan fingerprint density at radius 2 is 2.24 bits per heavy atom. The number of hydrogen-bond donors (Lipinski definition) is 1. The van der Waals surface area contributed by atoms with Crippen molar-refractivity contribution < 1.29 is 4.79 Å². The van der Waals surface area contributed by atoms with Crippen LogP contribution < -0.4 is 5.32 Å². The molecule has 1 aliphatic heterocycles. The second kappa shape index (κ2) is 7.56. The molecular weight excluding hydrogens is 266 g/mol. The maximum atomic E-state index is 11.0. The standard InChI is InChI=1S/C15H27N5O/c1-4-18(5-2)10-11-19-8-6-14(12-19)20-9-7-15(17-20)16-13(3)21/h7,9,14H,4-6,8,10-12H2,1-3H3,(H,16,17,21)/t14-/m1/s1. The summed E-state index contributed by atoms with van der Waals surface area (Å²) in [5, 5.41) is 7.17. The van der Waals surface area contributed by atoms with E-state index in [4.69, 9.17) is 0 Å². The number of carbonyl (C=O) groups is 1. The third-order valence-electron chi connectivity index (χ3n) is 4.16. The molecule has 1 amide bonds. The number of anilines is 1. The van der Waals surface area contributed by atoms with Crippen molar-refractivity contribution in [2.24, 2.45) is 0 Å². The Labute approximate surface area is 127 Å². The Morgan fingerprint density at radius 1 is 1.48 bits per heavy atom. The van der Waals surface area contributed by atoms with Gasteiger partial charge in [-0.2, -0.15) is 5.10 Å². The van der Waals surface area contributed by atoms with Crippen molar-refractivity contribution in [3.63, 3.8) is 0 Å². The highest BCUT2D eigenvalue weighted by Crippen LogP contribution is 2.21. The van der Waals surface area contributed by atoms with E-state index in [-0.39, 0.29) is 5.91 Å². The van der Waals surface area contributed by atoms with Crippen LogP contribution in [0.3, 0.4) is 0 Å². The van der Waals surface area contributed by atoms with Crippen molar-refractivity contribution in [1.29, 1.82) is 0 Å². The van der Waals surface area contributed by atoms with Crippen LogP contribution in [0.15, 0.2) is 12.3 Å². The summed E-state index contributed by atoms with van der Waals surface area (Å²) in [6.07, 6.45) is 3.09. The first kappa shape index (κ1) is 16.0. The Hall–Kier alpha value is -1.40. The summed E-state index contributed by atoms with van der Waals surface area (Å²) in [5.41, 5.74) is 0. The lowest BCUT2D eigenvalue weighted by atomic mass is 10.3. The van der Waals surface area contributed by atoms with Crippen LogP contribution in [0.25, 0.3) is 0 Å². The number of carbonyl (C=O) groups excluding carboxylic acids is 1. The van der Waals surface area contributed by atoms with Gasteiger partial charge in [-0.3, -0.25) is 14.4 Å². The second-order valence-corrected chi connectivity index (χ2v) is 5.63. The van der Waals surface area contributed by atoms with Gasteiger partial charge in [0.1, 0.15) is 0 Å². The van der Waals surface area contributed by atoms with Crippen molar-refractivity contribution in [2.45, 2.75) is 33.2 Å². The summed E-state index contributed by atoms with van der Waals surface area (Å²) in [7, 11) is 0. The molecule has 0 aliphatic carbocycles. The van der Waals surface area contributed by atoms with Gasteiger partial charge in [-0.1, -0.05) is 13.8 Å². The van der Waals surface area contributed by atoms with Gasteiger partial charge in [0, 0.05) is 45.4 Å². The topological polar surface area (TPSA) is 53.4 Å². The zero-order chi connectivity index (χ0) is 15.2. The number of nitrogens with zero attached hydrogens (tertiary/aromatic N) is 4. The normalized spacial score (nSPS) is 19.3. The van der Waals surface area contributed by atoms with Crippen LogP contribution in [0.5, 0.6) is 0 Å². The third-order valence-corrected chi connectivity index (χ3v) is 4.16. The van der Waals surface area contributed by atoms with Crippen LogP contribution >= 0.6 is 0 Å². The van der Waals surface area contributed by atoms with Gasteiger partial charge in [0.05, 0.1) is 6.04 Å². The van der Waals surface area contributed by atoms with Crippen LogP contribution in [-0.4, -0.2) is 64.8 Å². The minimum absolute atomic E-state index is 0.0764. The summed E-state index contributed by atoms with van der Waals surface area (Å²) < 4.78 is 1.99. The maximum Gasteiger partial charge on any atom is 0.222 e. The van der Waals surface area contributed by atoms with Crippen molar-refractivity contribution in [3.05, 3.63) is 12.3 Å². The Morgan fingerprint density at radius 3 is 2.90 bits per heavy atom. The molecule has 1 N–H and O–H groups in total. The Balaban J connectivity index is 1.81. The summed E-state index contributed by atoms with van der Waals surface area (Å²) in [5.74, 6) is 0.566. The number of nitrogens with one attached hydrogen (secondary N) is 1. The van der Waals surface area contributed by atoms with E-state index in [0.29, 0.717) is 11.9 Å². The van der Waals surface area contributed by atoms with Crippen molar-refractivity contribution >= 4 is 11.7 Å². The van der Waals surface area contributed by atoms with E-state index in [2.05, 4.69) is 34.1 Å². The molecule has 21 heavy (non-hydrogen) atoms. The molecule has 1 atom stereocenters. The van der Waals surface area contributed by atoms with E-state index in [9.17, 15) is 4.79 Å². The van der Waals surface area contributed by atoms with Crippen molar-refractivity contribution in [2.75, 3.05) is 44.6 Å². The second-order valence-electron chi connectivity index (χ2n) is 5.63. The van der Waals surface area contributed by atoms with Gasteiger partial charge in [-0.25, -0.2) is 0 Å². The number of rotatable bonds is 7. The van der Waals surface area contributed by atoms with Gasteiger partial charge in [-0.05, 0) is 19.5 Å². The van der Waals surface area contributed by atoms with Gasteiger partial charge in [-0.15, -0.1) is 0 Å². The first-order valence-electron chi connectivity index (χ1n) is 7.89. The van der Waals surface area contributed by atoms with Gasteiger partial charge >= 0.3 is 0 Å². The predicted molar refractivity (Wildman–Crippen MR) is 84.4 cm³/mol. The largest absolute Gasteiger partial charge is 0.309 e.